The molecule has 2 amide bonds. The number of nitrogens with zero attached hydrogens (tertiary/aromatic N) is 1. The lowest BCUT2D eigenvalue weighted by Crippen LogP contribution is -2.71. The summed E-state index contributed by atoms with van der Waals surface area (Å²) >= 11 is 1.79. The number of rotatable bonds is 4. The zero-order valence-corrected chi connectivity index (χ0v) is 13.6. The molecule has 2 unspecified atom stereocenters. The minimum atomic E-state index is -0.602. The van der Waals surface area contributed by atoms with E-state index in [1.54, 1.807) is 11.8 Å². The van der Waals surface area contributed by atoms with Crippen LogP contribution in [-0.4, -0.2) is 46.3 Å². The Hall–Kier alpha value is -0.710. The number of piperazine rings is 1. The molecule has 4 nitrogen and oxygen atoms in total. The van der Waals surface area contributed by atoms with Gasteiger partial charge in [-0.2, -0.15) is 11.8 Å². The number of hydrogen-bond acceptors (Lipinski definition) is 3. The summed E-state index contributed by atoms with van der Waals surface area (Å²) in [5, 5.41) is 3.04. The van der Waals surface area contributed by atoms with E-state index in [4.69, 9.17) is 0 Å². The number of thioether (sulfide) groups is 1. The van der Waals surface area contributed by atoms with Crippen molar-refractivity contribution in [1.29, 1.82) is 0 Å². The molecule has 1 heterocycles. The molecule has 1 saturated carbocycles. The average Bonchev–Trinajstić information content (AvgIpc) is 2.44. The monoisotopic (exact) mass is 298 g/mol. The molecule has 1 N–H and O–H groups in total. The molecule has 1 spiro atoms. The summed E-state index contributed by atoms with van der Waals surface area (Å²) in [6, 6.07) is -0.207. The van der Waals surface area contributed by atoms with Crippen LogP contribution in [0.5, 0.6) is 0 Å². The van der Waals surface area contributed by atoms with E-state index in [0.29, 0.717) is 0 Å². The average molecular weight is 298 g/mol. The molecule has 2 atom stereocenters. The molecule has 0 aromatic heterocycles. The van der Waals surface area contributed by atoms with Crippen LogP contribution in [0.2, 0.25) is 0 Å². The molecule has 2 fully saturated rings. The Kier molecular flexibility index (Phi) is 4.99. The lowest BCUT2D eigenvalue weighted by atomic mass is 9.78. The Morgan fingerprint density at radius 3 is 2.60 bits per heavy atom. The highest BCUT2D eigenvalue weighted by atomic mass is 32.2. The maximum Gasteiger partial charge on any atom is 0.249 e. The normalized spacial score (nSPS) is 27.6. The molecule has 20 heavy (non-hydrogen) atoms. The molecule has 2 aliphatic rings. The standard InChI is InChI=1S/C15H26N2O2S/c1-11(7-10-20-3)17-12(2)13(18)16-15(14(17)19)8-5-4-6-9-15/h11-12H,4-10H2,1-3H3,(H,16,18). The van der Waals surface area contributed by atoms with Crippen LogP contribution in [0.25, 0.3) is 0 Å². The summed E-state index contributed by atoms with van der Waals surface area (Å²) in [6.45, 7) is 3.91. The summed E-state index contributed by atoms with van der Waals surface area (Å²) < 4.78 is 0. The highest BCUT2D eigenvalue weighted by Gasteiger charge is 2.50. The lowest BCUT2D eigenvalue weighted by molar-refractivity contribution is -0.158. The predicted octanol–water partition coefficient (Wildman–Crippen LogP) is 2.18. The van der Waals surface area contributed by atoms with Gasteiger partial charge in [0.2, 0.25) is 11.8 Å². The van der Waals surface area contributed by atoms with Gasteiger partial charge in [0, 0.05) is 6.04 Å². The van der Waals surface area contributed by atoms with Gasteiger partial charge in [0.15, 0.2) is 0 Å². The quantitative estimate of drug-likeness (QED) is 0.865. The molecule has 0 bridgehead atoms. The van der Waals surface area contributed by atoms with E-state index < -0.39 is 5.54 Å². The molecule has 1 aliphatic heterocycles. The van der Waals surface area contributed by atoms with E-state index in [1.807, 2.05) is 11.8 Å². The first-order valence-electron chi connectivity index (χ1n) is 7.65. The number of nitrogens with one attached hydrogen (secondary N) is 1. The Labute approximate surface area is 126 Å². The Bertz CT molecular complexity index is 380. The second-order valence-electron chi connectivity index (χ2n) is 6.15. The first-order valence-corrected chi connectivity index (χ1v) is 9.05. The summed E-state index contributed by atoms with van der Waals surface area (Å²) in [7, 11) is 0. The SMILES string of the molecule is CSCCC(C)N1C(=O)C2(CCCCC2)NC(=O)C1C. The van der Waals surface area contributed by atoms with Crippen LogP contribution in [0, 0.1) is 0 Å². The highest BCUT2D eigenvalue weighted by molar-refractivity contribution is 7.98. The third kappa shape index (κ3) is 2.83. The fourth-order valence-corrected chi connectivity index (χ4v) is 4.02. The molecule has 1 saturated heterocycles. The van der Waals surface area contributed by atoms with Gasteiger partial charge in [-0.3, -0.25) is 9.59 Å². The van der Waals surface area contributed by atoms with Crippen LogP contribution in [-0.2, 0) is 9.59 Å². The zero-order valence-electron chi connectivity index (χ0n) is 12.8. The van der Waals surface area contributed by atoms with Gasteiger partial charge in [0.1, 0.15) is 11.6 Å². The van der Waals surface area contributed by atoms with Crippen molar-refractivity contribution >= 4 is 23.6 Å². The zero-order chi connectivity index (χ0) is 14.8. The van der Waals surface area contributed by atoms with Crippen LogP contribution in [0.15, 0.2) is 0 Å². The largest absolute Gasteiger partial charge is 0.340 e. The highest BCUT2D eigenvalue weighted by Crippen LogP contribution is 2.34. The van der Waals surface area contributed by atoms with Crippen molar-refractivity contribution in [3.8, 4) is 0 Å². The summed E-state index contributed by atoms with van der Waals surface area (Å²) in [5.74, 6) is 1.19. The van der Waals surface area contributed by atoms with Gasteiger partial charge in [-0.15, -0.1) is 0 Å². The Balaban J connectivity index is 2.19. The molecular weight excluding hydrogens is 272 g/mol. The molecule has 0 aromatic rings. The van der Waals surface area contributed by atoms with E-state index in [0.717, 1.165) is 37.9 Å². The minimum absolute atomic E-state index is 0.0162. The van der Waals surface area contributed by atoms with Crippen LogP contribution >= 0.6 is 11.8 Å². The first-order chi connectivity index (χ1) is 9.52. The first kappa shape index (κ1) is 15.7. The summed E-state index contributed by atoms with van der Waals surface area (Å²) in [4.78, 5) is 27.1. The fourth-order valence-electron chi connectivity index (χ4n) is 3.45. The van der Waals surface area contributed by atoms with Crippen LogP contribution < -0.4 is 5.32 Å². The van der Waals surface area contributed by atoms with Crippen molar-refractivity contribution in [1.82, 2.24) is 10.2 Å². The van der Waals surface area contributed by atoms with E-state index in [2.05, 4.69) is 18.5 Å². The predicted molar refractivity (Wildman–Crippen MR) is 82.7 cm³/mol. The third-order valence-electron chi connectivity index (χ3n) is 4.72. The van der Waals surface area contributed by atoms with Crippen LogP contribution in [0.4, 0.5) is 0 Å². The number of hydrogen-bond donors (Lipinski definition) is 1. The second kappa shape index (κ2) is 6.37. The smallest absolute Gasteiger partial charge is 0.249 e. The third-order valence-corrected chi connectivity index (χ3v) is 5.37. The molecule has 114 valence electrons. The lowest BCUT2D eigenvalue weighted by Gasteiger charge is -2.49. The molecule has 0 aromatic carbocycles. The topological polar surface area (TPSA) is 49.4 Å². The van der Waals surface area contributed by atoms with E-state index >= 15 is 0 Å². The molecule has 1 aliphatic carbocycles. The van der Waals surface area contributed by atoms with Gasteiger partial charge in [0.05, 0.1) is 0 Å². The fraction of sp³-hybridized carbons (Fsp3) is 0.867. The van der Waals surface area contributed by atoms with Crippen molar-refractivity contribution in [2.45, 2.75) is 70.0 Å². The summed E-state index contributed by atoms with van der Waals surface area (Å²) in [5.41, 5.74) is -0.602. The Morgan fingerprint density at radius 1 is 1.35 bits per heavy atom. The summed E-state index contributed by atoms with van der Waals surface area (Å²) in [6.07, 6.45) is 7.86. The molecule has 5 heteroatoms. The van der Waals surface area contributed by atoms with Crippen molar-refractivity contribution in [2.75, 3.05) is 12.0 Å². The van der Waals surface area contributed by atoms with Gasteiger partial charge in [-0.05, 0) is 45.1 Å². The minimum Gasteiger partial charge on any atom is -0.340 e. The molecular formula is C15H26N2O2S. The van der Waals surface area contributed by atoms with Gasteiger partial charge in [-0.25, -0.2) is 0 Å². The van der Waals surface area contributed by atoms with Crippen molar-refractivity contribution in [2.24, 2.45) is 0 Å². The van der Waals surface area contributed by atoms with Gasteiger partial charge in [-0.1, -0.05) is 19.3 Å². The molecule has 0 radical (unpaired) electrons. The maximum absolute atomic E-state index is 13.0. The number of carbonyl (C=O) groups excluding carboxylic acids is 2. The van der Waals surface area contributed by atoms with E-state index in [9.17, 15) is 9.59 Å². The molecule has 2 rings (SSSR count). The number of amides is 2. The number of carbonyl (C=O) groups is 2. The van der Waals surface area contributed by atoms with Crippen LogP contribution in [0.3, 0.4) is 0 Å². The Morgan fingerprint density at radius 2 is 2.00 bits per heavy atom. The second-order valence-corrected chi connectivity index (χ2v) is 7.14. The van der Waals surface area contributed by atoms with E-state index in [-0.39, 0.29) is 23.9 Å². The van der Waals surface area contributed by atoms with Crippen molar-refractivity contribution < 1.29 is 9.59 Å². The maximum atomic E-state index is 13.0. The van der Waals surface area contributed by atoms with Gasteiger partial charge in [0.25, 0.3) is 0 Å². The van der Waals surface area contributed by atoms with Crippen molar-refractivity contribution in [3.05, 3.63) is 0 Å². The van der Waals surface area contributed by atoms with Gasteiger partial charge < -0.3 is 10.2 Å². The van der Waals surface area contributed by atoms with Crippen molar-refractivity contribution in [3.63, 3.8) is 0 Å². The van der Waals surface area contributed by atoms with E-state index in [1.165, 1.54) is 6.42 Å². The van der Waals surface area contributed by atoms with Crippen LogP contribution in [0.1, 0.15) is 52.4 Å². The van der Waals surface area contributed by atoms with Gasteiger partial charge >= 0.3 is 0 Å².